The highest BCUT2D eigenvalue weighted by Crippen LogP contribution is 2.23. The quantitative estimate of drug-likeness (QED) is 0.766. The molecule has 7 heteroatoms. The van der Waals surface area contributed by atoms with Crippen LogP contribution in [0, 0.1) is 0 Å². The first-order chi connectivity index (χ1) is 11.0. The van der Waals surface area contributed by atoms with Crippen LogP contribution in [0.2, 0.25) is 0 Å². The lowest BCUT2D eigenvalue weighted by molar-refractivity contribution is 0.100. The van der Waals surface area contributed by atoms with E-state index in [0.717, 1.165) is 5.39 Å². The number of rotatable bonds is 4. The van der Waals surface area contributed by atoms with Crippen molar-refractivity contribution in [2.24, 2.45) is 5.73 Å². The molecule has 0 saturated heterocycles. The summed E-state index contributed by atoms with van der Waals surface area (Å²) in [6.07, 6.45) is 1.54. The van der Waals surface area contributed by atoms with E-state index in [1.807, 2.05) is 0 Å². The highest BCUT2D eigenvalue weighted by Gasteiger charge is 2.18. The molecule has 3 aromatic rings. The van der Waals surface area contributed by atoms with Gasteiger partial charge in [0.05, 0.1) is 5.52 Å². The van der Waals surface area contributed by atoms with E-state index < -0.39 is 15.9 Å². The molecule has 3 N–H and O–H groups in total. The molecule has 3 rings (SSSR count). The van der Waals surface area contributed by atoms with Crippen molar-refractivity contribution >= 4 is 32.5 Å². The fourth-order valence-electron chi connectivity index (χ4n) is 2.24. The maximum absolute atomic E-state index is 12.6. The van der Waals surface area contributed by atoms with Gasteiger partial charge in [0, 0.05) is 22.8 Å². The Morgan fingerprint density at radius 2 is 1.78 bits per heavy atom. The summed E-state index contributed by atoms with van der Waals surface area (Å²) in [6.45, 7) is 0. The maximum Gasteiger partial charge on any atom is 0.264 e. The molecule has 116 valence electrons. The summed E-state index contributed by atoms with van der Waals surface area (Å²) in [6, 6.07) is 14.4. The summed E-state index contributed by atoms with van der Waals surface area (Å²) < 4.78 is 27.7. The third-order valence-electron chi connectivity index (χ3n) is 3.28. The number of nitrogens with one attached hydrogen (secondary N) is 1. The van der Waals surface area contributed by atoms with Gasteiger partial charge in [0.1, 0.15) is 4.90 Å². The smallest absolute Gasteiger partial charge is 0.264 e. The number of para-hydroxylation sites is 1. The average molecular weight is 327 g/mol. The molecule has 0 unspecified atom stereocenters. The van der Waals surface area contributed by atoms with E-state index >= 15 is 0 Å². The zero-order valence-corrected chi connectivity index (χ0v) is 12.7. The number of carbonyl (C=O) groups is 1. The number of nitrogens with zero attached hydrogens (tertiary/aromatic N) is 1. The second-order valence-corrected chi connectivity index (χ2v) is 6.53. The second kappa shape index (κ2) is 5.69. The molecule has 0 aliphatic carbocycles. The number of aromatic nitrogens is 1. The lowest BCUT2D eigenvalue weighted by atomic mass is 10.2. The largest absolute Gasteiger partial charge is 0.366 e. The molecule has 1 heterocycles. The topological polar surface area (TPSA) is 102 Å². The summed E-state index contributed by atoms with van der Waals surface area (Å²) in [7, 11) is -3.85. The van der Waals surface area contributed by atoms with Gasteiger partial charge in [-0.25, -0.2) is 8.42 Å². The Labute approximate surface area is 133 Å². The summed E-state index contributed by atoms with van der Waals surface area (Å²) in [4.78, 5) is 15.4. The van der Waals surface area contributed by atoms with Gasteiger partial charge in [-0.3, -0.25) is 14.5 Å². The maximum atomic E-state index is 12.6. The number of carbonyl (C=O) groups excluding carboxylic acids is 1. The van der Waals surface area contributed by atoms with E-state index in [-0.39, 0.29) is 16.1 Å². The zero-order chi connectivity index (χ0) is 16.4. The Morgan fingerprint density at radius 1 is 1.04 bits per heavy atom. The predicted octanol–water partition coefficient (Wildman–Crippen LogP) is 2.13. The predicted molar refractivity (Wildman–Crippen MR) is 87.5 cm³/mol. The Hall–Kier alpha value is -2.93. The van der Waals surface area contributed by atoms with Crippen LogP contribution in [0.25, 0.3) is 10.9 Å². The third kappa shape index (κ3) is 3.00. The Morgan fingerprint density at radius 3 is 2.57 bits per heavy atom. The van der Waals surface area contributed by atoms with E-state index in [4.69, 9.17) is 5.73 Å². The minimum atomic E-state index is -3.85. The third-order valence-corrected chi connectivity index (χ3v) is 4.70. The molecule has 23 heavy (non-hydrogen) atoms. The highest BCUT2D eigenvalue weighted by atomic mass is 32.2. The van der Waals surface area contributed by atoms with Gasteiger partial charge in [0.25, 0.3) is 10.0 Å². The fourth-order valence-corrected chi connectivity index (χ4v) is 3.47. The van der Waals surface area contributed by atoms with E-state index in [0.29, 0.717) is 5.52 Å². The molecular formula is C16H13N3O3S. The van der Waals surface area contributed by atoms with Crippen molar-refractivity contribution in [1.82, 2.24) is 4.98 Å². The van der Waals surface area contributed by atoms with Gasteiger partial charge in [-0.05, 0) is 30.3 Å². The fraction of sp³-hybridized carbons (Fsp3) is 0. The standard InChI is InChI=1S/C16H13N3O3S/c17-16(20)12-5-1-7-13(10-12)19-23(21,22)14-8-2-4-11-6-3-9-18-15(11)14/h1-10,19H,(H2,17,20). The van der Waals surface area contributed by atoms with Crippen LogP contribution in [0.5, 0.6) is 0 Å². The molecule has 0 saturated carbocycles. The van der Waals surface area contributed by atoms with Crippen LogP contribution >= 0.6 is 0 Å². The first-order valence-corrected chi connectivity index (χ1v) is 8.22. The first kappa shape index (κ1) is 15.0. The Balaban J connectivity index is 2.05. The van der Waals surface area contributed by atoms with E-state index in [1.54, 1.807) is 36.4 Å². The molecule has 0 spiro atoms. The van der Waals surface area contributed by atoms with Crippen LogP contribution in [-0.4, -0.2) is 19.3 Å². The molecule has 0 atom stereocenters. The van der Waals surface area contributed by atoms with Crippen LogP contribution < -0.4 is 10.5 Å². The van der Waals surface area contributed by atoms with E-state index in [9.17, 15) is 13.2 Å². The number of amides is 1. The number of primary amides is 1. The zero-order valence-electron chi connectivity index (χ0n) is 11.9. The molecule has 6 nitrogen and oxygen atoms in total. The summed E-state index contributed by atoms with van der Waals surface area (Å²) in [5.41, 5.74) is 6.07. The van der Waals surface area contributed by atoms with Crippen molar-refractivity contribution in [2.45, 2.75) is 4.90 Å². The van der Waals surface area contributed by atoms with Gasteiger partial charge in [0.2, 0.25) is 5.91 Å². The number of sulfonamides is 1. The lowest BCUT2D eigenvalue weighted by Crippen LogP contribution is -2.15. The van der Waals surface area contributed by atoms with Gasteiger partial charge in [-0.15, -0.1) is 0 Å². The van der Waals surface area contributed by atoms with Gasteiger partial charge in [-0.2, -0.15) is 0 Å². The minimum absolute atomic E-state index is 0.0695. The number of hydrogen-bond acceptors (Lipinski definition) is 4. The monoisotopic (exact) mass is 327 g/mol. The van der Waals surface area contributed by atoms with Crippen LogP contribution in [0.1, 0.15) is 10.4 Å². The van der Waals surface area contributed by atoms with Crippen molar-refractivity contribution in [1.29, 1.82) is 0 Å². The number of nitrogens with two attached hydrogens (primary N) is 1. The molecular weight excluding hydrogens is 314 g/mol. The molecule has 0 bridgehead atoms. The molecule has 0 aliphatic heterocycles. The Kier molecular flexibility index (Phi) is 3.71. The number of benzene rings is 2. The van der Waals surface area contributed by atoms with Gasteiger partial charge >= 0.3 is 0 Å². The first-order valence-electron chi connectivity index (χ1n) is 6.74. The molecule has 0 radical (unpaired) electrons. The number of hydrogen-bond donors (Lipinski definition) is 2. The van der Waals surface area contributed by atoms with Crippen LogP contribution in [0.3, 0.4) is 0 Å². The van der Waals surface area contributed by atoms with Crippen molar-refractivity contribution in [3.8, 4) is 0 Å². The number of fused-ring (bicyclic) bond motifs is 1. The van der Waals surface area contributed by atoms with Crippen LogP contribution in [0.4, 0.5) is 5.69 Å². The van der Waals surface area contributed by atoms with Crippen molar-refractivity contribution < 1.29 is 13.2 Å². The lowest BCUT2D eigenvalue weighted by Gasteiger charge is -2.10. The van der Waals surface area contributed by atoms with Crippen LogP contribution in [0.15, 0.2) is 65.7 Å². The number of anilines is 1. The van der Waals surface area contributed by atoms with Crippen molar-refractivity contribution in [3.05, 3.63) is 66.4 Å². The van der Waals surface area contributed by atoms with E-state index in [2.05, 4.69) is 9.71 Å². The Bertz CT molecular complexity index is 995. The molecule has 1 aromatic heterocycles. The SMILES string of the molecule is NC(=O)c1cccc(NS(=O)(=O)c2cccc3cccnc23)c1. The molecule has 1 amide bonds. The van der Waals surface area contributed by atoms with Crippen molar-refractivity contribution in [2.75, 3.05) is 4.72 Å². The van der Waals surface area contributed by atoms with Gasteiger partial charge in [0.15, 0.2) is 0 Å². The number of pyridine rings is 1. The van der Waals surface area contributed by atoms with Crippen molar-refractivity contribution in [3.63, 3.8) is 0 Å². The van der Waals surface area contributed by atoms with Gasteiger partial charge in [-0.1, -0.05) is 24.3 Å². The molecule has 0 fully saturated rings. The molecule has 2 aromatic carbocycles. The summed E-state index contributed by atoms with van der Waals surface area (Å²) in [5.74, 6) is -0.627. The summed E-state index contributed by atoms with van der Waals surface area (Å²) in [5, 5.41) is 0.723. The minimum Gasteiger partial charge on any atom is -0.366 e. The average Bonchev–Trinajstić information content (AvgIpc) is 2.54. The van der Waals surface area contributed by atoms with Crippen LogP contribution in [-0.2, 0) is 10.0 Å². The molecule has 0 aliphatic rings. The summed E-state index contributed by atoms with van der Waals surface area (Å²) >= 11 is 0. The second-order valence-electron chi connectivity index (χ2n) is 4.88. The highest BCUT2D eigenvalue weighted by molar-refractivity contribution is 7.93. The normalized spacial score (nSPS) is 11.3. The van der Waals surface area contributed by atoms with Gasteiger partial charge < -0.3 is 5.73 Å². The van der Waals surface area contributed by atoms with E-state index in [1.165, 1.54) is 24.4 Å².